The Balaban J connectivity index is 1.86. The number of aryl methyl sites for hydroxylation is 3. The molecule has 9 nitrogen and oxygen atoms in total. The number of hydrogen-bond donors (Lipinski definition) is 1. The third kappa shape index (κ3) is 4.58. The second-order valence-corrected chi connectivity index (χ2v) is 12.3. The van der Waals surface area contributed by atoms with Crippen molar-refractivity contribution in [1.29, 1.82) is 0 Å². The summed E-state index contributed by atoms with van der Waals surface area (Å²) in [5, 5.41) is 15.7. The molecule has 0 radical (unpaired) electrons. The average molecular weight is 549 g/mol. The smallest absolute Gasteiger partial charge is 0.355 e. The molecule has 0 atom stereocenters. The van der Waals surface area contributed by atoms with E-state index in [4.69, 9.17) is 21.4 Å². The van der Waals surface area contributed by atoms with Crippen LogP contribution in [0.2, 0.25) is 5.02 Å². The van der Waals surface area contributed by atoms with Crippen molar-refractivity contribution in [2.75, 3.05) is 19.0 Å². The molecule has 0 spiro atoms. The minimum atomic E-state index is -3.55. The third-order valence-electron chi connectivity index (χ3n) is 7.39. The molecule has 200 valence electrons. The highest BCUT2D eigenvalue weighted by Gasteiger charge is 2.39. The molecule has 2 aromatic heterocycles. The van der Waals surface area contributed by atoms with Gasteiger partial charge in [-0.2, -0.15) is 9.40 Å². The Bertz CT molecular complexity index is 1470. The number of esters is 1. The Morgan fingerprint density at radius 1 is 1.27 bits per heavy atom. The van der Waals surface area contributed by atoms with E-state index in [0.717, 1.165) is 46.1 Å². The quantitative estimate of drug-likeness (QED) is 0.470. The predicted molar refractivity (Wildman–Crippen MR) is 142 cm³/mol. The van der Waals surface area contributed by atoms with Crippen LogP contribution < -0.4 is 0 Å². The molecule has 1 fully saturated rings. The molecule has 3 heterocycles. The van der Waals surface area contributed by atoms with Crippen LogP contribution in [0.1, 0.15) is 60.0 Å². The molecule has 1 aliphatic heterocycles. The van der Waals surface area contributed by atoms with Crippen LogP contribution in [-0.4, -0.2) is 63.2 Å². The largest absolute Gasteiger partial charge is 0.461 e. The fraction of sp³-hybridized carbons (Fsp3) is 0.538. The molecule has 0 saturated heterocycles. The fourth-order valence-electron chi connectivity index (χ4n) is 5.50. The van der Waals surface area contributed by atoms with Gasteiger partial charge in [0.1, 0.15) is 5.69 Å². The first-order chi connectivity index (χ1) is 17.7. The summed E-state index contributed by atoms with van der Waals surface area (Å²) in [4.78, 5) is 13.3. The van der Waals surface area contributed by atoms with Crippen LogP contribution in [0, 0.1) is 6.92 Å². The second-order valence-electron chi connectivity index (χ2n) is 9.82. The van der Waals surface area contributed by atoms with E-state index in [1.54, 1.807) is 15.9 Å². The number of carbonyl (C=O) groups excluding carboxylic acids is 1. The molecule has 5 rings (SSSR count). The highest BCUT2D eigenvalue weighted by molar-refractivity contribution is 7.89. The molecule has 1 N–H and O–H groups in total. The maximum atomic E-state index is 13.5. The van der Waals surface area contributed by atoms with Crippen LogP contribution in [0.4, 0.5) is 0 Å². The topological polar surface area (TPSA) is 107 Å². The summed E-state index contributed by atoms with van der Waals surface area (Å²) in [6.07, 6.45) is 2.97. The number of sulfonamides is 1. The molecule has 2 aliphatic rings. The van der Waals surface area contributed by atoms with Crippen LogP contribution in [0.25, 0.3) is 22.0 Å². The van der Waals surface area contributed by atoms with Gasteiger partial charge in [0.15, 0.2) is 0 Å². The minimum Gasteiger partial charge on any atom is -0.461 e. The Hall–Kier alpha value is -2.40. The minimum absolute atomic E-state index is 0.00808. The number of nitrogens with zero attached hydrogens (tertiary/aromatic N) is 4. The molecular formula is C26H33ClN4O5S. The van der Waals surface area contributed by atoms with Crippen molar-refractivity contribution >= 4 is 38.5 Å². The van der Waals surface area contributed by atoms with E-state index in [-0.39, 0.29) is 31.6 Å². The molecule has 37 heavy (non-hydrogen) atoms. The van der Waals surface area contributed by atoms with Gasteiger partial charge in [-0.25, -0.2) is 13.2 Å². The Labute approximate surface area is 222 Å². The summed E-state index contributed by atoms with van der Waals surface area (Å²) in [5.74, 6) is -0.497. The number of fused-ring (bicyclic) bond motifs is 2. The number of aromatic nitrogens is 3. The summed E-state index contributed by atoms with van der Waals surface area (Å²) < 4.78 is 37.7. The van der Waals surface area contributed by atoms with E-state index in [9.17, 15) is 18.3 Å². The standard InChI is InChI=1S/C26H33ClN4O5S/c1-4-36-26(33)25-18(7-5-13-32)19-10-11-20(27)23-22-16(2)29(3)28-21(22)15-31(17-8-9-17)37(34,35)14-6-12-30(25)24(19)23/h10-11,17,32H,4-9,12-15H2,1-3H3. The average Bonchev–Trinajstić information content (AvgIpc) is 3.58. The van der Waals surface area contributed by atoms with Crippen LogP contribution in [0.5, 0.6) is 0 Å². The number of aliphatic hydroxyl groups is 1. The number of aliphatic hydroxyl groups excluding tert-OH is 1. The molecule has 1 aromatic carbocycles. The highest BCUT2D eigenvalue weighted by atomic mass is 35.5. The Morgan fingerprint density at radius 3 is 2.70 bits per heavy atom. The number of rotatable bonds is 6. The van der Waals surface area contributed by atoms with Gasteiger partial charge in [0.05, 0.1) is 35.1 Å². The molecule has 11 heteroatoms. The Morgan fingerprint density at radius 2 is 2.03 bits per heavy atom. The summed E-state index contributed by atoms with van der Waals surface area (Å²) >= 11 is 6.91. The van der Waals surface area contributed by atoms with Gasteiger partial charge in [-0.15, -0.1) is 0 Å². The first-order valence-corrected chi connectivity index (χ1v) is 14.8. The zero-order valence-corrected chi connectivity index (χ0v) is 23.0. The van der Waals surface area contributed by atoms with E-state index in [1.165, 1.54) is 0 Å². The van der Waals surface area contributed by atoms with Crippen LogP contribution in [-0.2, 0) is 41.3 Å². The predicted octanol–water partition coefficient (Wildman–Crippen LogP) is 3.80. The van der Waals surface area contributed by atoms with Gasteiger partial charge in [0, 0.05) is 48.4 Å². The first-order valence-electron chi connectivity index (χ1n) is 12.8. The van der Waals surface area contributed by atoms with Crippen molar-refractivity contribution in [2.45, 2.75) is 65.1 Å². The van der Waals surface area contributed by atoms with Gasteiger partial charge >= 0.3 is 5.97 Å². The summed E-state index contributed by atoms with van der Waals surface area (Å²) in [6.45, 7) is 4.39. The lowest BCUT2D eigenvalue weighted by molar-refractivity contribution is 0.0512. The zero-order chi connectivity index (χ0) is 26.5. The monoisotopic (exact) mass is 548 g/mol. The normalized spacial score (nSPS) is 18.0. The number of halogens is 1. The molecule has 1 aliphatic carbocycles. The van der Waals surface area contributed by atoms with E-state index < -0.39 is 16.0 Å². The maximum Gasteiger partial charge on any atom is 0.355 e. The summed E-state index contributed by atoms with van der Waals surface area (Å²) in [5.41, 5.74) is 5.00. The fourth-order valence-corrected chi connectivity index (χ4v) is 7.45. The second kappa shape index (κ2) is 10.1. The van der Waals surface area contributed by atoms with Gasteiger partial charge < -0.3 is 14.4 Å². The number of carbonyl (C=O) groups is 1. The van der Waals surface area contributed by atoms with Crippen molar-refractivity contribution < 1.29 is 23.1 Å². The zero-order valence-electron chi connectivity index (χ0n) is 21.5. The van der Waals surface area contributed by atoms with Crippen molar-refractivity contribution in [3.05, 3.63) is 39.8 Å². The third-order valence-corrected chi connectivity index (χ3v) is 9.65. The number of ether oxygens (including phenoxy) is 1. The van der Waals surface area contributed by atoms with Gasteiger partial charge in [-0.1, -0.05) is 17.7 Å². The molecular weight excluding hydrogens is 516 g/mol. The first kappa shape index (κ1) is 26.2. The summed E-state index contributed by atoms with van der Waals surface area (Å²) in [7, 11) is -1.71. The van der Waals surface area contributed by atoms with Crippen LogP contribution in [0.3, 0.4) is 0 Å². The number of hydrogen-bond acceptors (Lipinski definition) is 6. The van der Waals surface area contributed by atoms with Crippen molar-refractivity contribution in [3.8, 4) is 11.1 Å². The molecule has 0 unspecified atom stereocenters. The SMILES string of the molecule is CCOC(=O)c1c(CCCO)c2ccc(Cl)c3c2n1CCCS(=O)(=O)N(C1CC1)Cc1nn(C)c(C)c1-3. The van der Waals surface area contributed by atoms with Crippen molar-refractivity contribution in [3.63, 3.8) is 0 Å². The lowest BCUT2D eigenvalue weighted by Gasteiger charge is -2.21. The number of benzene rings is 1. The van der Waals surface area contributed by atoms with E-state index in [1.807, 2.05) is 30.7 Å². The van der Waals surface area contributed by atoms with Crippen LogP contribution >= 0.6 is 11.6 Å². The maximum absolute atomic E-state index is 13.5. The molecule has 1 saturated carbocycles. The van der Waals surface area contributed by atoms with E-state index >= 15 is 0 Å². The van der Waals surface area contributed by atoms with Crippen molar-refractivity contribution in [2.24, 2.45) is 7.05 Å². The van der Waals surface area contributed by atoms with Crippen LogP contribution in [0.15, 0.2) is 12.1 Å². The van der Waals surface area contributed by atoms with E-state index in [0.29, 0.717) is 42.2 Å². The molecule has 0 bridgehead atoms. The lowest BCUT2D eigenvalue weighted by atomic mass is 9.98. The highest BCUT2D eigenvalue weighted by Crippen LogP contribution is 2.44. The Kier molecular flexibility index (Phi) is 7.12. The van der Waals surface area contributed by atoms with Gasteiger partial charge in [0.25, 0.3) is 0 Å². The summed E-state index contributed by atoms with van der Waals surface area (Å²) in [6, 6.07) is 3.73. The lowest BCUT2D eigenvalue weighted by Crippen LogP contribution is -2.35. The van der Waals surface area contributed by atoms with Crippen molar-refractivity contribution in [1.82, 2.24) is 18.7 Å². The van der Waals surface area contributed by atoms with E-state index in [2.05, 4.69) is 0 Å². The molecule has 3 aromatic rings. The van der Waals surface area contributed by atoms with Gasteiger partial charge in [-0.3, -0.25) is 4.68 Å². The molecule has 0 amide bonds. The van der Waals surface area contributed by atoms with Gasteiger partial charge in [-0.05, 0) is 57.6 Å². The van der Waals surface area contributed by atoms with Gasteiger partial charge in [0.2, 0.25) is 10.0 Å².